The lowest BCUT2D eigenvalue weighted by Crippen LogP contribution is -2.32. The zero-order chi connectivity index (χ0) is 15.4. The summed E-state index contributed by atoms with van der Waals surface area (Å²) in [5.74, 6) is -2.91. The average molecular weight is 317 g/mol. The van der Waals surface area contributed by atoms with Gasteiger partial charge in [-0.15, -0.1) is 0 Å². The number of benzene rings is 1. The Morgan fingerprint density at radius 2 is 1.81 bits per heavy atom. The van der Waals surface area contributed by atoms with E-state index in [1.54, 1.807) is 4.90 Å². The first-order valence-corrected chi connectivity index (χ1v) is 7.07. The van der Waals surface area contributed by atoms with Crippen molar-refractivity contribution in [3.63, 3.8) is 0 Å². The number of nitrogens with one attached hydrogen (secondary N) is 1. The first-order chi connectivity index (χ1) is 9.99. The van der Waals surface area contributed by atoms with Crippen LogP contribution in [0.2, 0.25) is 5.02 Å². The van der Waals surface area contributed by atoms with Gasteiger partial charge in [-0.1, -0.05) is 11.6 Å². The predicted octanol–water partition coefficient (Wildman–Crippen LogP) is 2.36. The van der Waals surface area contributed by atoms with E-state index in [-0.39, 0.29) is 29.5 Å². The second kappa shape index (κ2) is 6.85. The molecule has 1 aromatic rings. The van der Waals surface area contributed by atoms with Gasteiger partial charge in [0.1, 0.15) is 0 Å². The van der Waals surface area contributed by atoms with Gasteiger partial charge in [0.15, 0.2) is 11.6 Å². The third-order valence-electron chi connectivity index (χ3n) is 3.34. The molecule has 0 spiro atoms. The van der Waals surface area contributed by atoms with Gasteiger partial charge in [-0.2, -0.15) is 0 Å². The molecule has 0 aromatic heterocycles. The highest BCUT2D eigenvalue weighted by atomic mass is 35.5. The fraction of sp³-hybridized carbons (Fsp3) is 0.429. The lowest BCUT2D eigenvalue weighted by atomic mass is 10.2. The highest BCUT2D eigenvalue weighted by Crippen LogP contribution is 2.19. The van der Waals surface area contributed by atoms with E-state index in [1.807, 2.05) is 0 Å². The Bertz CT molecular complexity index is 560. The second-order valence-electron chi connectivity index (χ2n) is 4.84. The van der Waals surface area contributed by atoms with Crippen LogP contribution in [-0.4, -0.2) is 36.3 Å². The topological polar surface area (TPSA) is 49.4 Å². The molecule has 114 valence electrons. The normalized spacial score (nSPS) is 14.3. The summed E-state index contributed by atoms with van der Waals surface area (Å²) in [4.78, 5) is 25.3. The Kier molecular flexibility index (Phi) is 5.12. The van der Waals surface area contributed by atoms with E-state index in [4.69, 9.17) is 11.6 Å². The SMILES string of the molecule is O=C(NCCC(=O)N1CCCC1)c1cc(F)c(F)cc1Cl. The van der Waals surface area contributed by atoms with Crippen molar-refractivity contribution in [2.75, 3.05) is 19.6 Å². The quantitative estimate of drug-likeness (QED) is 0.867. The molecular formula is C14H15ClF2N2O2. The molecule has 0 aliphatic carbocycles. The van der Waals surface area contributed by atoms with Gasteiger partial charge in [0, 0.05) is 26.1 Å². The van der Waals surface area contributed by atoms with Crippen LogP contribution in [0.3, 0.4) is 0 Å². The van der Waals surface area contributed by atoms with Crippen molar-refractivity contribution in [3.8, 4) is 0 Å². The van der Waals surface area contributed by atoms with Gasteiger partial charge in [0.25, 0.3) is 5.91 Å². The Morgan fingerprint density at radius 3 is 2.48 bits per heavy atom. The van der Waals surface area contributed by atoms with Crippen LogP contribution >= 0.6 is 11.6 Å². The highest BCUT2D eigenvalue weighted by molar-refractivity contribution is 6.33. The molecule has 0 radical (unpaired) electrons. The zero-order valence-electron chi connectivity index (χ0n) is 11.3. The third kappa shape index (κ3) is 3.91. The molecule has 0 bridgehead atoms. The lowest BCUT2D eigenvalue weighted by molar-refractivity contribution is -0.129. The Balaban J connectivity index is 1.87. The molecular weight excluding hydrogens is 302 g/mol. The van der Waals surface area contributed by atoms with Gasteiger partial charge in [-0.25, -0.2) is 8.78 Å². The summed E-state index contributed by atoms with van der Waals surface area (Å²) >= 11 is 5.70. The van der Waals surface area contributed by atoms with Gasteiger partial charge < -0.3 is 10.2 Å². The van der Waals surface area contributed by atoms with Crippen LogP contribution in [0.1, 0.15) is 29.6 Å². The summed E-state index contributed by atoms with van der Waals surface area (Å²) < 4.78 is 26.0. The van der Waals surface area contributed by atoms with Crippen LogP contribution < -0.4 is 5.32 Å². The molecule has 2 rings (SSSR count). The fourth-order valence-corrected chi connectivity index (χ4v) is 2.44. The summed E-state index contributed by atoms with van der Waals surface area (Å²) in [7, 11) is 0. The molecule has 1 aliphatic heterocycles. The van der Waals surface area contributed by atoms with Gasteiger partial charge in [0.05, 0.1) is 10.6 Å². The van der Waals surface area contributed by atoms with E-state index in [2.05, 4.69) is 5.32 Å². The molecule has 1 saturated heterocycles. The fourth-order valence-electron chi connectivity index (χ4n) is 2.20. The first kappa shape index (κ1) is 15.7. The van der Waals surface area contributed by atoms with Crippen molar-refractivity contribution in [3.05, 3.63) is 34.4 Å². The van der Waals surface area contributed by atoms with Gasteiger partial charge in [-0.05, 0) is 25.0 Å². The zero-order valence-corrected chi connectivity index (χ0v) is 12.1. The third-order valence-corrected chi connectivity index (χ3v) is 3.65. The largest absolute Gasteiger partial charge is 0.351 e. The van der Waals surface area contributed by atoms with E-state index in [1.165, 1.54) is 0 Å². The van der Waals surface area contributed by atoms with Crippen molar-refractivity contribution in [1.82, 2.24) is 10.2 Å². The van der Waals surface area contributed by atoms with Crippen LogP contribution in [-0.2, 0) is 4.79 Å². The smallest absolute Gasteiger partial charge is 0.252 e. The van der Waals surface area contributed by atoms with Crippen molar-refractivity contribution >= 4 is 23.4 Å². The van der Waals surface area contributed by atoms with E-state index in [0.29, 0.717) is 0 Å². The first-order valence-electron chi connectivity index (χ1n) is 6.69. The van der Waals surface area contributed by atoms with Crippen LogP contribution in [0.15, 0.2) is 12.1 Å². The van der Waals surface area contributed by atoms with Crippen LogP contribution in [0.5, 0.6) is 0 Å². The maximum atomic E-state index is 13.1. The van der Waals surface area contributed by atoms with Crippen LogP contribution in [0.4, 0.5) is 8.78 Å². The van der Waals surface area contributed by atoms with E-state index in [0.717, 1.165) is 38.1 Å². The number of nitrogens with zero attached hydrogens (tertiary/aromatic N) is 1. The number of rotatable bonds is 4. The molecule has 21 heavy (non-hydrogen) atoms. The number of hydrogen-bond donors (Lipinski definition) is 1. The molecule has 1 aliphatic rings. The number of amides is 2. The van der Waals surface area contributed by atoms with Gasteiger partial charge in [0.2, 0.25) is 5.91 Å². The minimum absolute atomic E-state index is 0.0239. The lowest BCUT2D eigenvalue weighted by Gasteiger charge is -2.15. The maximum absolute atomic E-state index is 13.1. The van der Waals surface area contributed by atoms with Crippen molar-refractivity contribution < 1.29 is 18.4 Å². The molecule has 0 unspecified atom stereocenters. The number of carbonyl (C=O) groups is 2. The molecule has 4 nitrogen and oxygen atoms in total. The minimum Gasteiger partial charge on any atom is -0.351 e. The second-order valence-corrected chi connectivity index (χ2v) is 5.25. The minimum atomic E-state index is -1.14. The van der Waals surface area contributed by atoms with Crippen molar-refractivity contribution in [1.29, 1.82) is 0 Å². The van der Waals surface area contributed by atoms with Crippen LogP contribution in [0.25, 0.3) is 0 Å². The average Bonchev–Trinajstić information content (AvgIpc) is 2.96. The monoisotopic (exact) mass is 316 g/mol. The molecule has 1 fully saturated rings. The molecule has 0 saturated carbocycles. The molecule has 0 atom stereocenters. The standard InChI is InChI=1S/C14H15ClF2N2O2/c15-10-8-12(17)11(16)7-9(10)14(21)18-4-3-13(20)19-5-1-2-6-19/h7-8H,1-6H2,(H,18,21). The highest BCUT2D eigenvalue weighted by Gasteiger charge is 2.18. The van der Waals surface area contributed by atoms with E-state index < -0.39 is 17.5 Å². The van der Waals surface area contributed by atoms with E-state index >= 15 is 0 Å². The Morgan fingerprint density at radius 1 is 1.19 bits per heavy atom. The summed E-state index contributed by atoms with van der Waals surface area (Å²) in [6.07, 6.45) is 2.18. The molecule has 2 amide bonds. The summed E-state index contributed by atoms with van der Waals surface area (Å²) in [6, 6.07) is 1.50. The Hall–Kier alpha value is -1.69. The molecule has 7 heteroatoms. The number of halogens is 3. The van der Waals surface area contributed by atoms with Gasteiger partial charge >= 0.3 is 0 Å². The summed E-state index contributed by atoms with van der Waals surface area (Å²) in [5, 5.41) is 2.31. The number of carbonyl (C=O) groups excluding carboxylic acids is 2. The molecule has 1 heterocycles. The summed E-state index contributed by atoms with van der Waals surface area (Å²) in [5.41, 5.74) is -0.149. The maximum Gasteiger partial charge on any atom is 0.252 e. The van der Waals surface area contributed by atoms with Crippen molar-refractivity contribution in [2.24, 2.45) is 0 Å². The predicted molar refractivity (Wildman–Crippen MR) is 74.1 cm³/mol. The molecule has 1 N–H and O–H groups in total. The van der Waals surface area contributed by atoms with Crippen molar-refractivity contribution in [2.45, 2.75) is 19.3 Å². The molecule has 1 aromatic carbocycles. The van der Waals surface area contributed by atoms with Crippen LogP contribution in [0, 0.1) is 11.6 Å². The number of likely N-dealkylation sites (tertiary alicyclic amines) is 1. The Labute approximate surface area is 126 Å². The summed E-state index contributed by atoms with van der Waals surface area (Å²) in [6.45, 7) is 1.63. The number of hydrogen-bond acceptors (Lipinski definition) is 2. The van der Waals surface area contributed by atoms with E-state index in [9.17, 15) is 18.4 Å². The van der Waals surface area contributed by atoms with Gasteiger partial charge in [-0.3, -0.25) is 9.59 Å².